The van der Waals surface area contributed by atoms with Crippen LogP contribution in [0.1, 0.15) is 71.8 Å². The van der Waals surface area contributed by atoms with Crippen molar-refractivity contribution < 1.29 is 0 Å². The van der Waals surface area contributed by atoms with E-state index in [-0.39, 0.29) is 0 Å². The van der Waals surface area contributed by atoms with E-state index in [0.717, 1.165) is 41.9 Å². The maximum atomic E-state index is 2.98. The van der Waals surface area contributed by atoms with Gasteiger partial charge in [-0.2, -0.15) is 0 Å². The molecule has 62 heavy (non-hydrogen) atoms. The Morgan fingerprint density at radius 2 is 0.710 bits per heavy atom. The number of fused-ring (bicyclic) bond motifs is 2. The molecule has 0 N–H and O–H groups in total. The highest BCUT2D eigenvalue weighted by molar-refractivity contribution is 7.72. The number of aryl methyl sites for hydroxylation is 1. The molecule has 3 rings (SSSR count). The van der Waals surface area contributed by atoms with Crippen LogP contribution < -0.4 is 0 Å². The molecule has 360 valence electrons. The lowest BCUT2D eigenvalue weighted by atomic mass is 9.42. The van der Waals surface area contributed by atoms with Gasteiger partial charge in [-0.05, 0) is 15.1 Å². The zero-order valence-electron chi connectivity index (χ0n) is 47.9. The summed E-state index contributed by atoms with van der Waals surface area (Å²) in [6, 6.07) is 10.3. The standard InChI is InChI=1S/C42H105BSi12.C7H8/c1-35(2)54(39(46(5,6)7)47(8,9)10,40(48(11,12)13)49(14,15)16)44-45(43-37-31-29-32-38(43)34-30-33-37)55(36(3)4,41(50(17,18)19)51(20,21)22)42(52(23,24)25)53(26,27)28;1-7-5-3-2-4-6-7/h35-42,44H,29-34H2,1-28H3;2-6H,1H3/b45-44+;. The van der Waals surface area contributed by atoms with Crippen LogP contribution in [0.15, 0.2) is 30.3 Å². The van der Waals surface area contributed by atoms with Crippen LogP contribution in [0.3, 0.4) is 0 Å². The molecule has 0 unspecified atom stereocenters. The van der Waals surface area contributed by atoms with Gasteiger partial charge in [-0.3, -0.25) is 0 Å². The van der Waals surface area contributed by atoms with Crippen LogP contribution in [0.5, 0.6) is 0 Å². The minimum Gasteiger partial charge on any atom is -0.0698 e. The van der Waals surface area contributed by atoms with Crippen molar-refractivity contribution in [2.24, 2.45) is 0 Å². The van der Waals surface area contributed by atoms with Gasteiger partial charge in [-0.15, -0.1) is 0 Å². The van der Waals surface area contributed by atoms with Gasteiger partial charge in [0.25, 0.3) is 0 Å². The Balaban J connectivity index is 0.00000171. The van der Waals surface area contributed by atoms with Crippen LogP contribution in [0, 0.1) is 6.92 Å². The molecule has 2 bridgehead atoms. The summed E-state index contributed by atoms with van der Waals surface area (Å²) < 4.78 is 0. The lowest BCUT2D eigenvalue weighted by Gasteiger charge is -2.67. The van der Waals surface area contributed by atoms with Crippen molar-refractivity contribution in [2.45, 2.75) is 272 Å². The first-order valence-corrected chi connectivity index (χ1v) is 65.5. The summed E-state index contributed by atoms with van der Waals surface area (Å²) in [6.07, 6.45) is 10.7. The van der Waals surface area contributed by atoms with Crippen molar-refractivity contribution in [3.63, 3.8) is 0 Å². The molecule has 2 aliphatic heterocycles. The van der Waals surface area contributed by atoms with Crippen LogP contribution in [-0.2, 0) is 0 Å². The quantitative estimate of drug-likeness (QED) is 0.136. The molecule has 0 aliphatic carbocycles. The van der Waals surface area contributed by atoms with Crippen molar-refractivity contribution in [2.75, 3.05) is 0 Å². The highest BCUT2D eigenvalue weighted by atomic mass is 29.6. The Morgan fingerprint density at radius 1 is 0.435 bits per heavy atom. The molecule has 0 atom stereocenters. The molecule has 0 nitrogen and oxygen atoms in total. The van der Waals surface area contributed by atoms with E-state index in [0.29, 0.717) is 8.13 Å². The Hall–Kier alpha value is 1.89. The monoisotopic (exact) mass is 1050 g/mol. The predicted molar refractivity (Wildman–Crippen MR) is 329 cm³/mol. The third-order valence-electron chi connectivity index (χ3n) is 16.4. The summed E-state index contributed by atoms with van der Waals surface area (Å²) in [4.78, 5) is 4.63. The fourth-order valence-corrected chi connectivity index (χ4v) is 234. The summed E-state index contributed by atoms with van der Waals surface area (Å²) in [5.41, 5.74) is 3.23. The molecule has 2 fully saturated rings. The van der Waals surface area contributed by atoms with Gasteiger partial charge in [0.05, 0.1) is 7.59 Å². The van der Waals surface area contributed by atoms with Crippen LogP contribution in [-0.4, -0.2) is 101 Å². The molecule has 0 amide bonds. The maximum absolute atomic E-state index is 2.98. The highest BCUT2D eigenvalue weighted by Crippen LogP contribution is 2.61. The molecule has 2 aliphatic rings. The van der Waals surface area contributed by atoms with Gasteiger partial charge in [0, 0.05) is 72.2 Å². The third-order valence-corrected chi connectivity index (χ3v) is 133. The number of rotatable bonds is 17. The van der Waals surface area contributed by atoms with E-state index < -0.39 is 87.1 Å². The highest BCUT2D eigenvalue weighted by Gasteiger charge is 2.69. The average molecular weight is 1050 g/mol. The predicted octanol–water partition coefficient (Wildman–Crippen LogP) is 17.9. The second kappa shape index (κ2) is 21.1. The third kappa shape index (κ3) is 13.8. The molecule has 0 saturated carbocycles. The number of benzene rings is 1. The van der Waals surface area contributed by atoms with Crippen molar-refractivity contribution >= 4 is 101 Å². The minimum atomic E-state index is -1.96. The normalized spacial score (nSPS) is 19.9. The van der Waals surface area contributed by atoms with E-state index in [1.807, 2.05) is 18.2 Å². The molecule has 0 aromatic heterocycles. The van der Waals surface area contributed by atoms with Gasteiger partial charge < -0.3 is 0 Å². The van der Waals surface area contributed by atoms with Crippen molar-refractivity contribution in [1.82, 2.24) is 0 Å². The lowest BCUT2D eigenvalue weighted by molar-refractivity contribution is 0.450. The first kappa shape index (κ1) is 60.0. The zero-order valence-corrected chi connectivity index (χ0v) is 60.1. The van der Waals surface area contributed by atoms with Crippen LogP contribution in [0.4, 0.5) is 0 Å². The van der Waals surface area contributed by atoms with Crippen molar-refractivity contribution in [3.8, 4) is 0 Å². The molecule has 13 heteroatoms. The molecule has 2 saturated heterocycles. The maximum Gasteiger partial charge on any atom is 0.150 e. The Labute approximate surface area is 406 Å². The minimum absolute atomic E-state index is 0.544. The molecule has 1 aromatic rings. The zero-order chi connectivity index (χ0) is 48.8. The van der Waals surface area contributed by atoms with E-state index in [9.17, 15) is 0 Å². The smallest absolute Gasteiger partial charge is 0.0698 e. The van der Waals surface area contributed by atoms with E-state index in [1.165, 1.54) is 11.9 Å². The average Bonchev–Trinajstić information content (AvgIpc) is 2.97. The Kier molecular flexibility index (Phi) is 20.4. The van der Waals surface area contributed by atoms with Crippen LogP contribution >= 0.6 is 0 Å². The number of hydrogen-bond donors (Lipinski definition) is 0. The van der Waals surface area contributed by atoms with Gasteiger partial charge in [0.2, 0.25) is 0 Å². The molecular formula is C49H113BSi12. The van der Waals surface area contributed by atoms with Crippen molar-refractivity contribution in [3.05, 3.63) is 35.9 Å². The molecule has 0 spiro atoms. The summed E-state index contributed by atoms with van der Waals surface area (Å²) in [5.74, 6) is 2.17. The van der Waals surface area contributed by atoms with E-state index in [2.05, 4.69) is 204 Å². The fourth-order valence-electron chi connectivity index (χ4n) is 18.2. The van der Waals surface area contributed by atoms with Gasteiger partial charge in [-0.25, -0.2) is 0 Å². The van der Waals surface area contributed by atoms with E-state index in [4.69, 9.17) is 0 Å². The van der Waals surface area contributed by atoms with Gasteiger partial charge in [-0.1, -0.05) is 308 Å². The Morgan fingerprint density at radius 3 is 0.903 bits per heavy atom. The molecule has 2 heterocycles. The second-order valence-corrected chi connectivity index (χ2v) is 105. The lowest BCUT2D eigenvalue weighted by Crippen LogP contribution is -2.80. The molecule has 0 radical (unpaired) electrons. The number of hydrogen-bond acceptors (Lipinski definition) is 0. The summed E-state index contributed by atoms with van der Waals surface area (Å²) >= 11 is 0. The van der Waals surface area contributed by atoms with E-state index in [1.54, 1.807) is 38.5 Å². The summed E-state index contributed by atoms with van der Waals surface area (Å²) in [7, 11) is -16.2. The second-order valence-electron chi connectivity index (χ2n) is 31.1. The Bertz CT molecular complexity index is 1440. The van der Waals surface area contributed by atoms with Gasteiger partial charge in [0.1, 0.15) is 6.31 Å². The van der Waals surface area contributed by atoms with Gasteiger partial charge in [0.15, 0.2) is 0 Å². The first-order chi connectivity index (χ1) is 27.4. The fraction of sp³-hybridized carbons (Fsp3) is 0.878. The largest absolute Gasteiger partial charge is 0.150 e. The van der Waals surface area contributed by atoms with Crippen LogP contribution in [0.2, 0.25) is 199 Å². The first-order valence-electron chi connectivity index (χ1n) is 26.2. The SMILES string of the molecule is CC(C)[Si](/[SiH]=[Si](\B1C2CCCC1CCC2)[Si](C(C)C)(C([Si](C)(C)C)[Si](C)(C)C)C([Si](C)(C)C)[Si](C)(C)C)(C([Si](C)(C)C)[Si](C)(C)C)C([Si](C)(C)C)[Si](C)(C)C.Cc1ccccc1. The van der Waals surface area contributed by atoms with Gasteiger partial charge >= 0.3 is 0 Å². The van der Waals surface area contributed by atoms with Crippen LogP contribution in [0.25, 0.3) is 0 Å². The van der Waals surface area contributed by atoms with Crippen molar-refractivity contribution in [1.29, 1.82) is 0 Å². The topological polar surface area (TPSA) is 0 Å². The molecule has 1 aromatic carbocycles. The summed E-state index contributed by atoms with van der Waals surface area (Å²) in [5, 5.41) is 0. The molecular weight excluding hydrogens is 936 g/mol. The van der Waals surface area contributed by atoms with E-state index >= 15 is 0 Å². The summed E-state index contributed by atoms with van der Waals surface area (Å²) in [6.45, 7) is 84.9.